The van der Waals surface area contributed by atoms with Crippen LogP contribution in [-0.4, -0.2) is 29.0 Å². The molecule has 0 saturated heterocycles. The lowest BCUT2D eigenvalue weighted by molar-refractivity contribution is 0.0690. The highest BCUT2D eigenvalue weighted by molar-refractivity contribution is 7.89. The lowest BCUT2D eigenvalue weighted by Crippen LogP contribution is -2.24. The fourth-order valence-electron chi connectivity index (χ4n) is 2.27. The summed E-state index contributed by atoms with van der Waals surface area (Å²) in [4.78, 5) is 13.6. The molecule has 7 nitrogen and oxygen atoms in total. The fourth-order valence-corrected chi connectivity index (χ4v) is 3.73. The zero-order valence-corrected chi connectivity index (χ0v) is 12.8. The lowest BCUT2D eigenvalue weighted by Gasteiger charge is -2.06. The molecule has 0 amide bonds. The zero-order valence-electron chi connectivity index (χ0n) is 12.0. The van der Waals surface area contributed by atoms with Gasteiger partial charge in [-0.15, -0.1) is 0 Å². The Morgan fingerprint density at radius 3 is 2.57 bits per heavy atom. The molecule has 0 bridgehead atoms. The molecule has 0 saturated carbocycles. The Kier molecular flexibility index (Phi) is 3.93. The smallest absolute Gasteiger partial charge is 0.352 e. The minimum Gasteiger partial charge on any atom is -0.477 e. The monoisotopic (exact) mass is 311 g/mol. The standard InChI is InChI=1S/C13H17N3O4S/c1-8-11(13(17)18)15-9(2)12(8)21(19,20)14-6-10-4-5-16(3)7-10/h4-5,7,14-15H,6H2,1-3H3,(H,17,18). The SMILES string of the molecule is Cc1[nH]c(C(=O)O)c(C)c1S(=O)(=O)NCc1ccn(C)c1. The number of hydrogen-bond acceptors (Lipinski definition) is 3. The van der Waals surface area contributed by atoms with E-state index >= 15 is 0 Å². The number of nitrogens with zero attached hydrogens (tertiary/aromatic N) is 1. The van der Waals surface area contributed by atoms with Crippen LogP contribution in [0.25, 0.3) is 0 Å². The van der Waals surface area contributed by atoms with Gasteiger partial charge in [0.1, 0.15) is 10.6 Å². The predicted octanol–water partition coefficient (Wildman–Crippen LogP) is 1.15. The number of hydrogen-bond donors (Lipinski definition) is 3. The highest BCUT2D eigenvalue weighted by Crippen LogP contribution is 2.23. The van der Waals surface area contributed by atoms with Crippen molar-refractivity contribution in [3.63, 3.8) is 0 Å². The number of aromatic amines is 1. The summed E-state index contributed by atoms with van der Waals surface area (Å²) in [6.45, 7) is 3.16. The summed E-state index contributed by atoms with van der Waals surface area (Å²) in [5, 5.41) is 9.03. The van der Waals surface area contributed by atoms with Crippen LogP contribution in [0.4, 0.5) is 0 Å². The summed E-state index contributed by atoms with van der Waals surface area (Å²) in [5.74, 6) is -1.18. The van der Waals surface area contributed by atoms with Gasteiger partial charge < -0.3 is 14.7 Å². The van der Waals surface area contributed by atoms with Crippen molar-refractivity contribution >= 4 is 16.0 Å². The van der Waals surface area contributed by atoms with Gasteiger partial charge >= 0.3 is 5.97 Å². The van der Waals surface area contributed by atoms with E-state index in [9.17, 15) is 13.2 Å². The first-order chi connectivity index (χ1) is 9.72. The van der Waals surface area contributed by atoms with Crippen LogP contribution in [-0.2, 0) is 23.6 Å². The maximum Gasteiger partial charge on any atom is 0.352 e. The van der Waals surface area contributed by atoms with E-state index in [4.69, 9.17) is 5.11 Å². The number of aryl methyl sites for hydroxylation is 2. The Morgan fingerprint density at radius 2 is 2.10 bits per heavy atom. The summed E-state index contributed by atoms with van der Waals surface area (Å²) < 4.78 is 29.0. The number of sulfonamides is 1. The maximum atomic E-state index is 12.4. The number of nitrogens with one attached hydrogen (secondary N) is 2. The highest BCUT2D eigenvalue weighted by Gasteiger charge is 2.26. The third kappa shape index (κ3) is 3.01. The third-order valence-corrected chi connectivity index (χ3v) is 4.89. The topological polar surface area (TPSA) is 104 Å². The van der Waals surface area contributed by atoms with Crippen LogP contribution in [0.5, 0.6) is 0 Å². The van der Waals surface area contributed by atoms with Gasteiger partial charge in [-0.1, -0.05) is 0 Å². The molecule has 0 aliphatic heterocycles. The van der Waals surface area contributed by atoms with Crippen LogP contribution in [0.2, 0.25) is 0 Å². The Morgan fingerprint density at radius 1 is 1.43 bits per heavy atom. The van der Waals surface area contributed by atoms with Gasteiger partial charge in [-0.2, -0.15) is 0 Å². The number of aromatic nitrogens is 2. The number of H-pyrrole nitrogens is 1. The van der Waals surface area contributed by atoms with E-state index in [0.29, 0.717) is 5.69 Å². The Bertz CT molecular complexity index is 786. The van der Waals surface area contributed by atoms with E-state index in [1.165, 1.54) is 13.8 Å². The van der Waals surface area contributed by atoms with Crippen molar-refractivity contribution in [2.45, 2.75) is 25.3 Å². The van der Waals surface area contributed by atoms with Crippen molar-refractivity contribution in [3.8, 4) is 0 Å². The first-order valence-corrected chi connectivity index (χ1v) is 7.73. The molecule has 2 rings (SSSR count). The second kappa shape index (κ2) is 5.38. The second-order valence-electron chi connectivity index (χ2n) is 4.89. The van der Waals surface area contributed by atoms with Crippen molar-refractivity contribution in [2.24, 2.45) is 7.05 Å². The van der Waals surface area contributed by atoms with Crippen molar-refractivity contribution in [1.82, 2.24) is 14.3 Å². The van der Waals surface area contributed by atoms with E-state index in [1.54, 1.807) is 0 Å². The Balaban J connectivity index is 2.29. The van der Waals surface area contributed by atoms with Crippen LogP contribution in [0.3, 0.4) is 0 Å². The van der Waals surface area contributed by atoms with Gasteiger partial charge in [0.15, 0.2) is 0 Å². The molecule has 0 radical (unpaired) electrons. The van der Waals surface area contributed by atoms with E-state index in [-0.39, 0.29) is 22.7 Å². The van der Waals surface area contributed by atoms with Crippen molar-refractivity contribution in [3.05, 3.63) is 41.0 Å². The number of carboxylic acids is 1. The minimum absolute atomic E-state index is 0.00386. The molecule has 2 aromatic rings. The van der Waals surface area contributed by atoms with Crippen molar-refractivity contribution < 1.29 is 18.3 Å². The predicted molar refractivity (Wildman–Crippen MR) is 76.7 cm³/mol. The van der Waals surface area contributed by atoms with Crippen LogP contribution >= 0.6 is 0 Å². The molecule has 0 aliphatic carbocycles. The van der Waals surface area contributed by atoms with E-state index in [1.807, 2.05) is 30.1 Å². The summed E-state index contributed by atoms with van der Waals surface area (Å²) in [6, 6.07) is 1.81. The average Bonchev–Trinajstić information content (AvgIpc) is 2.91. The first kappa shape index (κ1) is 15.3. The second-order valence-corrected chi connectivity index (χ2v) is 6.60. The minimum atomic E-state index is -3.78. The molecule has 0 aliphatic rings. The Hall–Kier alpha value is -2.06. The molecule has 8 heteroatoms. The first-order valence-electron chi connectivity index (χ1n) is 6.25. The lowest BCUT2D eigenvalue weighted by atomic mass is 10.2. The summed E-state index contributed by atoms with van der Waals surface area (Å²) >= 11 is 0. The molecule has 0 unspecified atom stereocenters. The van der Waals surface area contributed by atoms with Crippen molar-refractivity contribution in [2.75, 3.05) is 0 Å². The fraction of sp³-hybridized carbons (Fsp3) is 0.308. The Labute approximate surface area is 122 Å². The van der Waals surface area contributed by atoms with E-state index in [0.717, 1.165) is 5.56 Å². The number of carbonyl (C=O) groups is 1. The van der Waals surface area contributed by atoms with Crippen LogP contribution in [0.1, 0.15) is 27.3 Å². The van der Waals surface area contributed by atoms with Crippen LogP contribution in [0, 0.1) is 13.8 Å². The van der Waals surface area contributed by atoms with Crippen molar-refractivity contribution in [1.29, 1.82) is 0 Å². The average molecular weight is 311 g/mol. The molecule has 2 aromatic heterocycles. The van der Waals surface area contributed by atoms with Gasteiger partial charge in [0, 0.05) is 37.2 Å². The molecule has 0 atom stereocenters. The molecule has 0 fully saturated rings. The molecule has 21 heavy (non-hydrogen) atoms. The maximum absolute atomic E-state index is 12.4. The van der Waals surface area contributed by atoms with Crippen LogP contribution in [0.15, 0.2) is 23.4 Å². The van der Waals surface area contributed by atoms with Crippen LogP contribution < -0.4 is 4.72 Å². The summed E-state index contributed by atoms with van der Waals surface area (Å²) in [5.41, 5.74) is 1.24. The van der Waals surface area contributed by atoms with Gasteiger partial charge in [0.05, 0.1) is 0 Å². The van der Waals surface area contributed by atoms with E-state index < -0.39 is 16.0 Å². The quantitative estimate of drug-likeness (QED) is 0.770. The molecule has 0 spiro atoms. The molecular weight excluding hydrogens is 294 g/mol. The molecule has 0 aromatic carbocycles. The highest BCUT2D eigenvalue weighted by atomic mass is 32.2. The summed E-state index contributed by atoms with van der Waals surface area (Å²) in [7, 11) is -1.93. The molecule has 114 valence electrons. The zero-order chi connectivity index (χ0) is 15.8. The van der Waals surface area contributed by atoms with Gasteiger partial charge in [-0.05, 0) is 25.5 Å². The van der Waals surface area contributed by atoms with Gasteiger partial charge in [-0.3, -0.25) is 0 Å². The largest absolute Gasteiger partial charge is 0.477 e. The number of carboxylic acid groups (broad SMARTS) is 1. The number of rotatable bonds is 5. The summed E-state index contributed by atoms with van der Waals surface area (Å²) in [6.07, 6.45) is 3.63. The molecular formula is C13H17N3O4S. The molecule has 3 N–H and O–H groups in total. The van der Waals surface area contributed by atoms with Gasteiger partial charge in [0.25, 0.3) is 0 Å². The van der Waals surface area contributed by atoms with E-state index in [2.05, 4.69) is 9.71 Å². The third-order valence-electron chi connectivity index (χ3n) is 3.21. The van der Waals surface area contributed by atoms with Gasteiger partial charge in [-0.25, -0.2) is 17.9 Å². The normalized spacial score (nSPS) is 11.8. The molecule has 2 heterocycles. The number of aromatic carboxylic acids is 1. The van der Waals surface area contributed by atoms with Gasteiger partial charge in [0.2, 0.25) is 10.0 Å².